The summed E-state index contributed by atoms with van der Waals surface area (Å²) in [7, 11) is 0. The lowest BCUT2D eigenvalue weighted by Crippen LogP contribution is -2.63. The standard InChI is InChI=1S/C31H36O15/c1-7-8-9-10-13-38-21-11-12-22-23(14-21)44-30(37)28(42-19(5)35)25(22)46-31-29(43-20(6)36)27(41-18(4)34)26(40-17(3)33)24(45-31)15-39-16(2)32/h8-9,11-12,14,24,26-27,29,31H,7,10,13,15H2,1-6H3/b9-8+/t24-,26+,27+,29-,31+/m1/s1. The summed E-state index contributed by atoms with van der Waals surface area (Å²) >= 11 is 0. The van der Waals surface area contributed by atoms with Crippen LogP contribution in [0.3, 0.4) is 0 Å². The molecule has 15 heteroatoms. The maximum absolute atomic E-state index is 13.1. The van der Waals surface area contributed by atoms with Crippen molar-refractivity contribution in [3.8, 4) is 17.2 Å². The Hall–Kier alpha value is -4.92. The van der Waals surface area contributed by atoms with Crippen LogP contribution in [0.5, 0.6) is 17.2 Å². The molecule has 46 heavy (non-hydrogen) atoms. The van der Waals surface area contributed by atoms with E-state index in [0.717, 1.165) is 41.0 Å². The van der Waals surface area contributed by atoms with E-state index in [1.807, 2.05) is 19.1 Å². The van der Waals surface area contributed by atoms with Gasteiger partial charge in [-0.15, -0.1) is 0 Å². The van der Waals surface area contributed by atoms with Crippen LogP contribution in [-0.4, -0.2) is 73.8 Å². The SMILES string of the molecule is CC/C=C/CCOc1ccc2c(O[C@@H]3O[C@H](COC(C)=O)[C@H](OC(C)=O)[C@H](OC(C)=O)[C@H]3OC(C)=O)c(OC(C)=O)c(=O)oc2c1. The monoisotopic (exact) mass is 648 g/mol. The third-order valence-electron chi connectivity index (χ3n) is 6.18. The average molecular weight is 649 g/mol. The number of carbonyl (C=O) groups is 5. The predicted molar refractivity (Wildman–Crippen MR) is 156 cm³/mol. The Kier molecular flexibility index (Phi) is 12.7. The third kappa shape index (κ3) is 9.79. The third-order valence-corrected chi connectivity index (χ3v) is 6.18. The van der Waals surface area contributed by atoms with Gasteiger partial charge in [-0.3, -0.25) is 24.0 Å². The van der Waals surface area contributed by atoms with E-state index in [1.165, 1.54) is 12.1 Å². The normalized spacial score (nSPS) is 20.9. The number of fused-ring (bicyclic) bond motifs is 1. The van der Waals surface area contributed by atoms with Crippen molar-refractivity contribution < 1.29 is 66.3 Å². The minimum Gasteiger partial charge on any atom is -0.493 e. The van der Waals surface area contributed by atoms with Crippen molar-refractivity contribution in [2.75, 3.05) is 13.2 Å². The molecule has 0 aliphatic carbocycles. The molecule has 2 heterocycles. The second-order valence-corrected chi connectivity index (χ2v) is 10.0. The lowest BCUT2D eigenvalue weighted by Gasteiger charge is -2.44. The fraction of sp³-hybridized carbons (Fsp3) is 0.484. The molecule has 0 amide bonds. The van der Waals surface area contributed by atoms with Crippen molar-refractivity contribution in [3.05, 3.63) is 40.8 Å². The Labute approximate surface area is 263 Å². The second kappa shape index (κ2) is 16.4. The molecule has 0 saturated carbocycles. The molecule has 0 N–H and O–H groups in total. The zero-order chi connectivity index (χ0) is 34.0. The summed E-state index contributed by atoms with van der Waals surface area (Å²) in [6.07, 6.45) is -2.18. The fourth-order valence-corrected chi connectivity index (χ4v) is 4.50. The van der Waals surface area contributed by atoms with Crippen LogP contribution in [0.1, 0.15) is 54.4 Å². The van der Waals surface area contributed by atoms with Gasteiger partial charge in [0.1, 0.15) is 24.0 Å². The number of benzene rings is 1. The van der Waals surface area contributed by atoms with Crippen molar-refractivity contribution >= 4 is 40.8 Å². The summed E-state index contributed by atoms with van der Waals surface area (Å²) in [5, 5.41) is 0.113. The molecule has 0 bridgehead atoms. The van der Waals surface area contributed by atoms with Gasteiger partial charge in [-0.25, -0.2) is 4.79 Å². The zero-order valence-corrected chi connectivity index (χ0v) is 26.2. The molecule has 2 aromatic rings. The Morgan fingerprint density at radius 1 is 0.804 bits per heavy atom. The van der Waals surface area contributed by atoms with E-state index >= 15 is 0 Å². The molecule has 250 valence electrons. The zero-order valence-electron chi connectivity index (χ0n) is 26.2. The van der Waals surface area contributed by atoms with Crippen molar-refractivity contribution in [1.29, 1.82) is 0 Å². The predicted octanol–water partition coefficient (Wildman–Crippen LogP) is 2.92. The van der Waals surface area contributed by atoms with Crippen molar-refractivity contribution in [3.63, 3.8) is 0 Å². The van der Waals surface area contributed by atoms with Crippen LogP contribution in [0.15, 0.2) is 39.6 Å². The van der Waals surface area contributed by atoms with E-state index in [4.69, 9.17) is 42.3 Å². The summed E-state index contributed by atoms with van der Waals surface area (Å²) in [5.41, 5.74) is -1.13. The highest BCUT2D eigenvalue weighted by molar-refractivity contribution is 5.87. The molecule has 0 radical (unpaired) electrons. The highest BCUT2D eigenvalue weighted by atomic mass is 16.7. The first-order valence-electron chi connectivity index (χ1n) is 14.3. The Balaban J connectivity index is 2.14. The minimum atomic E-state index is -1.72. The molecule has 5 atom stereocenters. The number of carbonyl (C=O) groups excluding carboxylic acids is 5. The maximum Gasteiger partial charge on any atom is 0.383 e. The number of rotatable bonds is 13. The highest BCUT2D eigenvalue weighted by Gasteiger charge is 2.53. The Bertz CT molecular complexity index is 1520. The largest absolute Gasteiger partial charge is 0.493 e. The van der Waals surface area contributed by atoms with E-state index in [0.29, 0.717) is 18.8 Å². The first kappa shape index (κ1) is 35.6. The van der Waals surface area contributed by atoms with Gasteiger partial charge in [0.15, 0.2) is 18.0 Å². The molecule has 15 nitrogen and oxygen atoms in total. The lowest BCUT2D eigenvalue weighted by atomic mass is 9.98. The van der Waals surface area contributed by atoms with Crippen LogP contribution in [-0.2, 0) is 47.7 Å². The van der Waals surface area contributed by atoms with Crippen LogP contribution < -0.4 is 19.8 Å². The Morgan fingerprint density at radius 2 is 1.46 bits per heavy atom. The van der Waals surface area contributed by atoms with E-state index < -0.39 is 78.5 Å². The molecule has 3 rings (SSSR count). The first-order valence-corrected chi connectivity index (χ1v) is 14.3. The van der Waals surface area contributed by atoms with Gasteiger partial charge in [-0.2, -0.15) is 0 Å². The number of esters is 5. The van der Waals surface area contributed by atoms with Crippen molar-refractivity contribution in [2.24, 2.45) is 0 Å². The summed E-state index contributed by atoms with van der Waals surface area (Å²) in [5.74, 6) is -4.80. The van der Waals surface area contributed by atoms with E-state index in [1.54, 1.807) is 6.07 Å². The number of ether oxygens (including phenoxy) is 8. The average Bonchev–Trinajstić information content (AvgIpc) is 2.95. The minimum absolute atomic E-state index is 0.0249. The fourth-order valence-electron chi connectivity index (χ4n) is 4.50. The maximum atomic E-state index is 13.1. The molecule has 0 spiro atoms. The van der Waals surface area contributed by atoms with Crippen LogP contribution in [0.4, 0.5) is 0 Å². The van der Waals surface area contributed by atoms with E-state index in [9.17, 15) is 28.8 Å². The second-order valence-electron chi connectivity index (χ2n) is 10.0. The van der Waals surface area contributed by atoms with Gasteiger partial charge in [0.25, 0.3) is 5.75 Å². The summed E-state index contributed by atoms with van der Waals surface area (Å²) in [4.78, 5) is 73.1. The quantitative estimate of drug-likeness (QED) is 0.101. The van der Waals surface area contributed by atoms with Gasteiger partial charge in [-0.05, 0) is 25.0 Å². The molecule has 1 aliphatic heterocycles. The van der Waals surface area contributed by atoms with Crippen LogP contribution in [0, 0.1) is 0 Å². The molecule has 0 unspecified atom stereocenters. The summed E-state index contributed by atoms with van der Waals surface area (Å²) in [6.45, 7) is 7.22. The van der Waals surface area contributed by atoms with Gasteiger partial charge in [0.05, 0.1) is 12.0 Å². The van der Waals surface area contributed by atoms with Crippen LogP contribution in [0.25, 0.3) is 11.0 Å². The van der Waals surface area contributed by atoms with Gasteiger partial charge < -0.3 is 42.3 Å². The smallest absolute Gasteiger partial charge is 0.383 e. The molecule has 1 aromatic heterocycles. The first-order chi connectivity index (χ1) is 21.8. The molecular formula is C31H36O15. The highest BCUT2D eigenvalue weighted by Crippen LogP contribution is 2.38. The molecule has 1 saturated heterocycles. The van der Waals surface area contributed by atoms with E-state index in [2.05, 4.69) is 0 Å². The summed E-state index contributed by atoms with van der Waals surface area (Å²) < 4.78 is 49.7. The van der Waals surface area contributed by atoms with Gasteiger partial charge in [0, 0.05) is 40.7 Å². The van der Waals surface area contributed by atoms with Gasteiger partial charge in [0.2, 0.25) is 12.4 Å². The topological polar surface area (TPSA) is 189 Å². The van der Waals surface area contributed by atoms with Crippen LogP contribution >= 0.6 is 0 Å². The molecular weight excluding hydrogens is 612 g/mol. The molecule has 1 aliphatic rings. The lowest BCUT2D eigenvalue weighted by molar-refractivity contribution is -0.288. The van der Waals surface area contributed by atoms with Gasteiger partial charge in [-0.1, -0.05) is 19.1 Å². The number of allylic oxidation sites excluding steroid dienone is 1. The number of hydrogen-bond donors (Lipinski definition) is 0. The van der Waals surface area contributed by atoms with Crippen LogP contribution in [0.2, 0.25) is 0 Å². The Morgan fingerprint density at radius 3 is 2.07 bits per heavy atom. The summed E-state index contributed by atoms with van der Waals surface area (Å²) in [6, 6.07) is 4.46. The molecule has 1 fully saturated rings. The van der Waals surface area contributed by atoms with Crippen molar-refractivity contribution in [1.82, 2.24) is 0 Å². The number of hydrogen-bond acceptors (Lipinski definition) is 15. The van der Waals surface area contributed by atoms with Gasteiger partial charge >= 0.3 is 35.5 Å². The van der Waals surface area contributed by atoms with Crippen molar-refractivity contribution in [2.45, 2.75) is 85.1 Å². The van der Waals surface area contributed by atoms with E-state index in [-0.39, 0.29) is 16.7 Å². The molecule has 1 aromatic carbocycles.